The fourth-order valence-corrected chi connectivity index (χ4v) is 4.34. The molecular weight excluding hydrogens is 458 g/mol. The third kappa shape index (κ3) is 5.26. The van der Waals surface area contributed by atoms with E-state index in [0.29, 0.717) is 18.4 Å². The molecule has 5 heteroatoms. The van der Waals surface area contributed by atoms with Crippen molar-refractivity contribution in [3.63, 3.8) is 0 Å². The summed E-state index contributed by atoms with van der Waals surface area (Å²) in [5.41, 5.74) is 11.5. The van der Waals surface area contributed by atoms with E-state index in [2.05, 4.69) is 73.9 Å². The fraction of sp³-hybridized carbons (Fsp3) is 0.188. The Morgan fingerprint density at radius 2 is 1.32 bits per heavy atom. The number of methoxy groups -OCH3 is 1. The average Bonchev–Trinajstić information content (AvgIpc) is 3.13. The van der Waals surface area contributed by atoms with E-state index in [0.717, 1.165) is 50.7 Å². The minimum atomic E-state index is 0.398. The number of benzene rings is 4. The van der Waals surface area contributed by atoms with Gasteiger partial charge in [-0.05, 0) is 78.1 Å². The van der Waals surface area contributed by atoms with Crippen LogP contribution in [0.2, 0.25) is 0 Å². The van der Waals surface area contributed by atoms with Gasteiger partial charge in [0.05, 0.1) is 25.1 Å². The van der Waals surface area contributed by atoms with Crippen LogP contribution >= 0.6 is 0 Å². The van der Waals surface area contributed by atoms with Gasteiger partial charge >= 0.3 is 0 Å². The Morgan fingerprint density at radius 3 is 1.95 bits per heavy atom. The first kappa shape index (κ1) is 24.3. The number of hydrazone groups is 1. The van der Waals surface area contributed by atoms with E-state index < -0.39 is 0 Å². The van der Waals surface area contributed by atoms with E-state index in [4.69, 9.17) is 19.6 Å². The van der Waals surface area contributed by atoms with Crippen LogP contribution in [-0.2, 0) is 0 Å². The van der Waals surface area contributed by atoms with Crippen molar-refractivity contribution in [2.75, 3.05) is 13.7 Å². The molecule has 5 rings (SSSR count). The highest BCUT2D eigenvalue weighted by molar-refractivity contribution is 6.18. The fourth-order valence-electron chi connectivity index (χ4n) is 4.34. The lowest BCUT2D eigenvalue weighted by Crippen LogP contribution is -2.19. The second-order valence-corrected chi connectivity index (χ2v) is 9.23. The minimum Gasteiger partial charge on any atom is -0.497 e. The quantitative estimate of drug-likeness (QED) is 0.296. The van der Waals surface area contributed by atoms with Gasteiger partial charge in [-0.25, -0.2) is 4.99 Å². The monoisotopic (exact) mass is 489 g/mol. The SMILES string of the molecule is CCOc1ccc(C2=Nc3ccc(C(C)C)cc3C(c3ccc(-c4ccc(OC)cc4)cc3)=NN2)cc1. The molecule has 1 aliphatic rings. The molecule has 0 atom stereocenters. The van der Waals surface area contributed by atoms with Crippen molar-refractivity contribution < 1.29 is 9.47 Å². The molecule has 0 saturated heterocycles. The normalized spacial score (nSPS) is 12.7. The molecule has 37 heavy (non-hydrogen) atoms. The Labute approximate surface area is 218 Å². The molecule has 0 aliphatic carbocycles. The van der Waals surface area contributed by atoms with Crippen LogP contribution in [0.1, 0.15) is 48.9 Å². The first-order valence-electron chi connectivity index (χ1n) is 12.6. The molecule has 0 saturated carbocycles. The van der Waals surface area contributed by atoms with Gasteiger partial charge in [0.1, 0.15) is 11.5 Å². The van der Waals surface area contributed by atoms with Crippen molar-refractivity contribution >= 4 is 17.2 Å². The van der Waals surface area contributed by atoms with Gasteiger partial charge < -0.3 is 9.47 Å². The van der Waals surface area contributed by atoms with Crippen LogP contribution in [0.4, 0.5) is 5.69 Å². The summed E-state index contributed by atoms with van der Waals surface area (Å²) in [6.07, 6.45) is 0. The Balaban J connectivity index is 1.52. The van der Waals surface area contributed by atoms with Crippen molar-refractivity contribution in [1.82, 2.24) is 5.43 Å². The van der Waals surface area contributed by atoms with Crippen LogP contribution in [-0.4, -0.2) is 25.3 Å². The molecule has 0 spiro atoms. The summed E-state index contributed by atoms with van der Waals surface area (Å²) in [5.74, 6) is 2.78. The highest BCUT2D eigenvalue weighted by Gasteiger charge is 2.19. The number of ether oxygens (including phenoxy) is 2. The molecule has 1 N–H and O–H groups in total. The van der Waals surface area contributed by atoms with Crippen LogP contribution in [0.3, 0.4) is 0 Å². The summed E-state index contributed by atoms with van der Waals surface area (Å²) < 4.78 is 10.9. The second-order valence-electron chi connectivity index (χ2n) is 9.23. The summed E-state index contributed by atoms with van der Waals surface area (Å²) >= 11 is 0. The largest absolute Gasteiger partial charge is 0.497 e. The predicted molar refractivity (Wildman–Crippen MR) is 152 cm³/mol. The standard InChI is InChI=1S/C32H31N3O2/c1-5-37-28-17-12-25(13-18-28)32-33-30-19-14-26(21(2)3)20-29(30)31(34-35-32)24-8-6-22(7-9-24)23-10-15-27(36-4)16-11-23/h6-21H,5H2,1-4H3,(H,33,35). The molecule has 1 aliphatic heterocycles. The van der Waals surface area contributed by atoms with Gasteiger partial charge in [-0.15, -0.1) is 0 Å². The van der Waals surface area contributed by atoms with E-state index in [1.807, 2.05) is 43.3 Å². The number of nitrogens with one attached hydrogen (secondary N) is 1. The van der Waals surface area contributed by atoms with Gasteiger partial charge in [0.2, 0.25) is 0 Å². The number of hydrogen-bond acceptors (Lipinski definition) is 5. The van der Waals surface area contributed by atoms with Crippen LogP contribution in [0.25, 0.3) is 11.1 Å². The molecule has 4 aromatic carbocycles. The molecule has 0 bridgehead atoms. The Bertz CT molecular complexity index is 1440. The van der Waals surface area contributed by atoms with E-state index >= 15 is 0 Å². The summed E-state index contributed by atoms with van der Waals surface area (Å²) in [6.45, 7) is 7.01. The Kier molecular flexibility index (Phi) is 7.04. The first-order chi connectivity index (χ1) is 18.1. The van der Waals surface area contributed by atoms with Gasteiger partial charge in [0, 0.05) is 16.7 Å². The Morgan fingerprint density at radius 1 is 0.730 bits per heavy atom. The summed E-state index contributed by atoms with van der Waals surface area (Å²) in [4.78, 5) is 4.98. The van der Waals surface area contributed by atoms with Crippen LogP contribution in [0, 0.1) is 0 Å². The summed E-state index contributed by atoms with van der Waals surface area (Å²) in [6, 6.07) is 31.0. The number of fused-ring (bicyclic) bond motifs is 1. The van der Waals surface area contributed by atoms with E-state index in [1.165, 1.54) is 5.56 Å². The third-order valence-corrected chi connectivity index (χ3v) is 6.47. The van der Waals surface area contributed by atoms with Crippen molar-refractivity contribution in [2.24, 2.45) is 10.1 Å². The number of rotatable bonds is 7. The third-order valence-electron chi connectivity index (χ3n) is 6.47. The molecule has 1 heterocycles. The molecule has 0 aromatic heterocycles. The van der Waals surface area contributed by atoms with Crippen LogP contribution < -0.4 is 14.9 Å². The van der Waals surface area contributed by atoms with Gasteiger partial charge in [-0.2, -0.15) is 5.10 Å². The molecule has 4 aromatic rings. The second kappa shape index (κ2) is 10.7. The van der Waals surface area contributed by atoms with Gasteiger partial charge in [-0.1, -0.05) is 56.3 Å². The number of aliphatic imine (C=N–C) groups is 1. The van der Waals surface area contributed by atoms with Crippen molar-refractivity contribution in [2.45, 2.75) is 26.7 Å². The number of nitrogens with zero attached hydrogens (tertiary/aromatic N) is 2. The van der Waals surface area contributed by atoms with Crippen LogP contribution in [0.15, 0.2) is 101 Å². The first-order valence-corrected chi connectivity index (χ1v) is 12.6. The molecule has 186 valence electrons. The van der Waals surface area contributed by atoms with E-state index in [9.17, 15) is 0 Å². The maximum Gasteiger partial charge on any atom is 0.154 e. The Hall–Kier alpha value is -4.38. The summed E-state index contributed by atoms with van der Waals surface area (Å²) in [5, 5.41) is 4.86. The zero-order valence-electron chi connectivity index (χ0n) is 21.7. The molecule has 0 fully saturated rings. The molecule has 5 nitrogen and oxygen atoms in total. The smallest absolute Gasteiger partial charge is 0.154 e. The van der Waals surface area contributed by atoms with Gasteiger partial charge in [0.25, 0.3) is 0 Å². The molecule has 0 unspecified atom stereocenters. The average molecular weight is 490 g/mol. The van der Waals surface area contributed by atoms with Crippen molar-refractivity contribution in [3.05, 3.63) is 113 Å². The van der Waals surface area contributed by atoms with E-state index in [-0.39, 0.29) is 0 Å². The topological polar surface area (TPSA) is 55.2 Å². The van der Waals surface area contributed by atoms with Crippen molar-refractivity contribution in [1.29, 1.82) is 0 Å². The maximum atomic E-state index is 5.60. The lowest BCUT2D eigenvalue weighted by molar-refractivity contribution is 0.340. The molecular formula is C32H31N3O2. The highest BCUT2D eigenvalue weighted by atomic mass is 16.5. The van der Waals surface area contributed by atoms with Gasteiger partial charge in [0.15, 0.2) is 5.84 Å². The molecule has 0 amide bonds. The van der Waals surface area contributed by atoms with Crippen LogP contribution in [0.5, 0.6) is 11.5 Å². The maximum absolute atomic E-state index is 5.60. The molecule has 0 radical (unpaired) electrons. The number of amidine groups is 1. The number of hydrogen-bond donors (Lipinski definition) is 1. The van der Waals surface area contributed by atoms with Crippen molar-refractivity contribution in [3.8, 4) is 22.6 Å². The lowest BCUT2D eigenvalue weighted by atomic mass is 9.94. The minimum absolute atomic E-state index is 0.398. The summed E-state index contributed by atoms with van der Waals surface area (Å²) in [7, 11) is 1.68. The zero-order chi connectivity index (χ0) is 25.8. The predicted octanol–water partition coefficient (Wildman–Crippen LogP) is 7.32. The highest BCUT2D eigenvalue weighted by Crippen LogP contribution is 2.31. The lowest BCUT2D eigenvalue weighted by Gasteiger charge is -2.12. The zero-order valence-corrected chi connectivity index (χ0v) is 21.7. The van der Waals surface area contributed by atoms with Gasteiger partial charge in [-0.3, -0.25) is 5.43 Å². The van der Waals surface area contributed by atoms with E-state index in [1.54, 1.807) is 7.11 Å².